The maximum atomic E-state index is 12.2. The van der Waals surface area contributed by atoms with Crippen molar-refractivity contribution in [2.45, 2.75) is 44.2 Å². The number of aldehydes is 1. The number of hydrogen-bond donors (Lipinski definition) is 1. The Labute approximate surface area is 120 Å². The van der Waals surface area contributed by atoms with Crippen LogP contribution in [-0.4, -0.2) is 29.8 Å². The van der Waals surface area contributed by atoms with Crippen molar-refractivity contribution < 1.29 is 9.59 Å². The Balaban J connectivity index is 1.94. The third-order valence-corrected chi connectivity index (χ3v) is 3.94. The maximum absolute atomic E-state index is 12.2. The second-order valence-corrected chi connectivity index (χ2v) is 5.61. The lowest BCUT2D eigenvalue weighted by atomic mass is 9.83. The van der Waals surface area contributed by atoms with E-state index in [1.165, 1.54) is 0 Å². The number of amides is 2. The molecule has 4 heteroatoms. The summed E-state index contributed by atoms with van der Waals surface area (Å²) in [5, 5.41) is 2.92. The van der Waals surface area contributed by atoms with Crippen molar-refractivity contribution in [3.63, 3.8) is 0 Å². The fourth-order valence-corrected chi connectivity index (χ4v) is 2.69. The normalized spacial score (nSPS) is 17.2. The van der Waals surface area contributed by atoms with Gasteiger partial charge in [0.2, 0.25) is 0 Å². The first-order valence-electron chi connectivity index (χ1n) is 7.19. The summed E-state index contributed by atoms with van der Waals surface area (Å²) < 4.78 is 0. The van der Waals surface area contributed by atoms with Gasteiger partial charge in [-0.1, -0.05) is 49.6 Å². The van der Waals surface area contributed by atoms with Crippen molar-refractivity contribution in [1.29, 1.82) is 0 Å². The molecule has 108 valence electrons. The van der Waals surface area contributed by atoms with E-state index in [0.717, 1.165) is 44.0 Å². The molecule has 0 radical (unpaired) electrons. The van der Waals surface area contributed by atoms with Crippen LogP contribution >= 0.6 is 0 Å². The Morgan fingerprint density at radius 1 is 1.25 bits per heavy atom. The minimum atomic E-state index is -0.652. The molecule has 0 aliphatic heterocycles. The van der Waals surface area contributed by atoms with E-state index in [1.54, 1.807) is 11.9 Å². The molecular weight excluding hydrogens is 252 g/mol. The second-order valence-electron chi connectivity index (χ2n) is 5.61. The standard InChI is InChI=1S/C16H22N2O2/c1-18(12-14-8-4-2-5-9-14)15(20)17-16(13-19)10-6-3-7-11-16/h2,4-5,8-9,13H,3,6-7,10-12H2,1H3,(H,17,20). The molecule has 1 aromatic carbocycles. The molecule has 0 saturated heterocycles. The van der Waals surface area contributed by atoms with Crippen LogP contribution in [0.15, 0.2) is 30.3 Å². The number of carbonyl (C=O) groups is 2. The molecule has 0 heterocycles. The van der Waals surface area contributed by atoms with Crippen LogP contribution in [0.3, 0.4) is 0 Å². The van der Waals surface area contributed by atoms with Crippen LogP contribution in [0.1, 0.15) is 37.7 Å². The van der Waals surface area contributed by atoms with E-state index in [4.69, 9.17) is 0 Å². The van der Waals surface area contributed by atoms with Gasteiger partial charge in [-0.2, -0.15) is 0 Å². The van der Waals surface area contributed by atoms with Crippen LogP contribution < -0.4 is 5.32 Å². The highest BCUT2D eigenvalue weighted by molar-refractivity contribution is 5.80. The van der Waals surface area contributed by atoms with Gasteiger partial charge in [0.15, 0.2) is 0 Å². The highest BCUT2D eigenvalue weighted by Gasteiger charge is 2.33. The SMILES string of the molecule is CN(Cc1ccccc1)C(=O)NC1(C=O)CCCCC1. The molecule has 0 unspecified atom stereocenters. The number of benzene rings is 1. The summed E-state index contributed by atoms with van der Waals surface area (Å²) in [6.07, 6.45) is 5.57. The zero-order chi connectivity index (χ0) is 14.4. The van der Waals surface area contributed by atoms with Crippen LogP contribution in [0, 0.1) is 0 Å². The van der Waals surface area contributed by atoms with E-state index in [2.05, 4.69) is 5.32 Å². The van der Waals surface area contributed by atoms with Gasteiger partial charge < -0.3 is 15.0 Å². The molecule has 0 aromatic heterocycles. The summed E-state index contributed by atoms with van der Waals surface area (Å²) in [7, 11) is 1.75. The Morgan fingerprint density at radius 3 is 2.50 bits per heavy atom. The zero-order valence-electron chi connectivity index (χ0n) is 12.0. The van der Waals surface area contributed by atoms with Crippen molar-refractivity contribution in [3.05, 3.63) is 35.9 Å². The molecule has 1 aromatic rings. The third-order valence-electron chi connectivity index (χ3n) is 3.94. The van der Waals surface area contributed by atoms with Crippen LogP contribution in [0.25, 0.3) is 0 Å². The molecule has 4 nitrogen and oxygen atoms in total. The van der Waals surface area contributed by atoms with E-state index in [-0.39, 0.29) is 6.03 Å². The Kier molecular flexibility index (Phi) is 4.77. The highest BCUT2D eigenvalue weighted by Crippen LogP contribution is 2.26. The van der Waals surface area contributed by atoms with Gasteiger partial charge >= 0.3 is 6.03 Å². The molecule has 2 rings (SSSR count). The van der Waals surface area contributed by atoms with Crippen molar-refractivity contribution in [2.75, 3.05) is 7.05 Å². The van der Waals surface area contributed by atoms with Crippen LogP contribution in [0.4, 0.5) is 4.79 Å². The highest BCUT2D eigenvalue weighted by atomic mass is 16.2. The maximum Gasteiger partial charge on any atom is 0.318 e. The van der Waals surface area contributed by atoms with Gasteiger partial charge in [0.1, 0.15) is 6.29 Å². The molecule has 1 saturated carbocycles. The minimum absolute atomic E-state index is 0.178. The topological polar surface area (TPSA) is 49.4 Å². The zero-order valence-corrected chi connectivity index (χ0v) is 12.0. The van der Waals surface area contributed by atoms with Gasteiger partial charge in [-0.25, -0.2) is 4.79 Å². The largest absolute Gasteiger partial charge is 0.326 e. The third kappa shape index (κ3) is 3.59. The van der Waals surface area contributed by atoms with Crippen LogP contribution in [-0.2, 0) is 11.3 Å². The molecule has 1 aliphatic rings. The predicted octanol–water partition coefficient (Wildman–Crippen LogP) is 2.73. The van der Waals surface area contributed by atoms with Gasteiger partial charge in [0, 0.05) is 13.6 Å². The monoisotopic (exact) mass is 274 g/mol. The fraction of sp³-hybridized carbons (Fsp3) is 0.500. The quantitative estimate of drug-likeness (QED) is 0.858. The van der Waals surface area contributed by atoms with Crippen molar-refractivity contribution in [2.24, 2.45) is 0 Å². The number of nitrogens with one attached hydrogen (secondary N) is 1. The summed E-state index contributed by atoms with van der Waals surface area (Å²) in [6, 6.07) is 9.65. The molecule has 0 bridgehead atoms. The summed E-state index contributed by atoms with van der Waals surface area (Å²) in [5.74, 6) is 0. The second kappa shape index (κ2) is 6.55. The van der Waals surface area contributed by atoms with Crippen molar-refractivity contribution in [1.82, 2.24) is 10.2 Å². The van der Waals surface area contributed by atoms with Gasteiger partial charge in [0.05, 0.1) is 5.54 Å². The smallest absolute Gasteiger partial charge is 0.318 e. The van der Waals surface area contributed by atoms with Gasteiger partial charge in [-0.3, -0.25) is 0 Å². The lowest BCUT2D eigenvalue weighted by Crippen LogP contribution is -2.54. The van der Waals surface area contributed by atoms with Crippen molar-refractivity contribution >= 4 is 12.3 Å². The molecule has 20 heavy (non-hydrogen) atoms. The Hall–Kier alpha value is -1.84. The summed E-state index contributed by atoms with van der Waals surface area (Å²) in [5.41, 5.74) is 0.425. The summed E-state index contributed by atoms with van der Waals surface area (Å²) >= 11 is 0. The summed E-state index contributed by atoms with van der Waals surface area (Å²) in [4.78, 5) is 25.2. The lowest BCUT2D eigenvalue weighted by Gasteiger charge is -2.34. The van der Waals surface area contributed by atoms with Gasteiger partial charge in [-0.15, -0.1) is 0 Å². The van der Waals surface area contributed by atoms with E-state index < -0.39 is 5.54 Å². The average Bonchev–Trinajstić information content (AvgIpc) is 2.49. The van der Waals surface area contributed by atoms with Crippen LogP contribution in [0.2, 0.25) is 0 Å². The molecule has 0 atom stereocenters. The Bertz CT molecular complexity index is 453. The van der Waals surface area contributed by atoms with E-state index >= 15 is 0 Å². The van der Waals surface area contributed by atoms with Crippen molar-refractivity contribution in [3.8, 4) is 0 Å². The number of carbonyl (C=O) groups excluding carboxylic acids is 2. The molecular formula is C16H22N2O2. The number of rotatable bonds is 4. The molecule has 1 aliphatic carbocycles. The number of hydrogen-bond acceptors (Lipinski definition) is 2. The van der Waals surface area contributed by atoms with E-state index in [9.17, 15) is 9.59 Å². The fourth-order valence-electron chi connectivity index (χ4n) is 2.69. The predicted molar refractivity (Wildman–Crippen MR) is 78.3 cm³/mol. The molecule has 2 amide bonds. The number of nitrogens with zero attached hydrogens (tertiary/aromatic N) is 1. The lowest BCUT2D eigenvalue weighted by molar-refractivity contribution is -0.114. The number of urea groups is 1. The molecule has 1 N–H and O–H groups in total. The summed E-state index contributed by atoms with van der Waals surface area (Å²) in [6.45, 7) is 0.543. The Morgan fingerprint density at radius 2 is 1.90 bits per heavy atom. The molecule has 0 spiro atoms. The van der Waals surface area contributed by atoms with Gasteiger partial charge in [0.25, 0.3) is 0 Å². The first-order chi connectivity index (χ1) is 9.65. The van der Waals surface area contributed by atoms with Gasteiger partial charge in [-0.05, 0) is 18.4 Å². The first-order valence-corrected chi connectivity index (χ1v) is 7.19. The van der Waals surface area contributed by atoms with E-state index in [0.29, 0.717) is 6.54 Å². The first kappa shape index (κ1) is 14.6. The van der Waals surface area contributed by atoms with E-state index in [1.807, 2.05) is 30.3 Å². The molecule has 1 fully saturated rings. The average molecular weight is 274 g/mol. The van der Waals surface area contributed by atoms with Crippen LogP contribution in [0.5, 0.6) is 0 Å². The minimum Gasteiger partial charge on any atom is -0.326 e.